The first-order valence-corrected chi connectivity index (χ1v) is 5.30. The van der Waals surface area contributed by atoms with Crippen molar-refractivity contribution in [2.75, 3.05) is 13.1 Å². The van der Waals surface area contributed by atoms with E-state index >= 15 is 0 Å². The molecule has 1 rings (SSSR count). The zero-order valence-electron chi connectivity index (χ0n) is 8.99. The molecule has 0 amide bonds. The minimum Gasteiger partial charge on any atom is -0.480 e. The summed E-state index contributed by atoms with van der Waals surface area (Å²) in [6.07, 6.45) is 2.20. The third-order valence-corrected chi connectivity index (χ3v) is 3.40. The van der Waals surface area contributed by atoms with E-state index in [1.807, 2.05) is 18.7 Å². The molecule has 1 unspecified atom stereocenters. The largest absolute Gasteiger partial charge is 0.480 e. The number of carboxylic acids is 1. The number of rotatable bonds is 4. The van der Waals surface area contributed by atoms with Crippen molar-refractivity contribution in [2.45, 2.75) is 44.7 Å². The summed E-state index contributed by atoms with van der Waals surface area (Å²) in [7, 11) is 0. The number of nitrogens with zero attached hydrogens (tertiary/aromatic N) is 1. The van der Waals surface area contributed by atoms with Crippen molar-refractivity contribution in [3.05, 3.63) is 0 Å². The summed E-state index contributed by atoms with van der Waals surface area (Å²) in [4.78, 5) is 13.3. The zero-order valence-corrected chi connectivity index (χ0v) is 8.99. The molecular formula is C10H20N2O2. The van der Waals surface area contributed by atoms with Gasteiger partial charge in [-0.05, 0) is 19.3 Å². The van der Waals surface area contributed by atoms with E-state index in [1.54, 1.807) is 0 Å². The summed E-state index contributed by atoms with van der Waals surface area (Å²) >= 11 is 0. The lowest BCUT2D eigenvalue weighted by molar-refractivity contribution is -0.151. The van der Waals surface area contributed by atoms with Gasteiger partial charge in [-0.3, -0.25) is 9.69 Å². The molecule has 1 fully saturated rings. The Morgan fingerprint density at radius 1 is 1.57 bits per heavy atom. The number of aliphatic carboxylic acids is 1. The van der Waals surface area contributed by atoms with Crippen molar-refractivity contribution in [3.8, 4) is 0 Å². The molecule has 0 spiro atoms. The molecule has 0 aliphatic carbocycles. The smallest absolute Gasteiger partial charge is 0.324 e. The van der Waals surface area contributed by atoms with Gasteiger partial charge in [-0.2, -0.15) is 0 Å². The maximum absolute atomic E-state index is 11.3. The summed E-state index contributed by atoms with van der Waals surface area (Å²) in [5, 5.41) is 9.29. The average Bonchev–Trinajstić information content (AvgIpc) is 2.55. The topological polar surface area (TPSA) is 66.6 Å². The first-order chi connectivity index (χ1) is 6.56. The highest BCUT2D eigenvalue weighted by atomic mass is 16.4. The van der Waals surface area contributed by atoms with Gasteiger partial charge in [0.15, 0.2) is 0 Å². The lowest BCUT2D eigenvalue weighted by atomic mass is 9.91. The number of hydrogen-bond acceptors (Lipinski definition) is 3. The highest BCUT2D eigenvalue weighted by molar-refractivity contribution is 5.78. The second-order valence-electron chi connectivity index (χ2n) is 4.04. The zero-order chi connectivity index (χ0) is 10.8. The molecule has 1 aliphatic rings. The molecule has 4 heteroatoms. The summed E-state index contributed by atoms with van der Waals surface area (Å²) < 4.78 is 0. The Kier molecular flexibility index (Phi) is 3.50. The number of carboxylic acid groups (broad SMARTS) is 1. The third-order valence-electron chi connectivity index (χ3n) is 3.40. The van der Waals surface area contributed by atoms with Crippen LogP contribution in [0.5, 0.6) is 0 Å². The van der Waals surface area contributed by atoms with E-state index in [4.69, 9.17) is 5.73 Å². The molecule has 4 nitrogen and oxygen atoms in total. The van der Waals surface area contributed by atoms with E-state index in [2.05, 4.69) is 0 Å². The Morgan fingerprint density at radius 3 is 2.43 bits per heavy atom. The average molecular weight is 200 g/mol. The Labute approximate surface area is 85.1 Å². The molecule has 0 aromatic heterocycles. The van der Waals surface area contributed by atoms with E-state index in [1.165, 1.54) is 0 Å². The Morgan fingerprint density at radius 2 is 2.14 bits per heavy atom. The molecular weight excluding hydrogens is 180 g/mol. The Hall–Kier alpha value is -0.610. The highest BCUT2D eigenvalue weighted by Gasteiger charge is 2.43. The van der Waals surface area contributed by atoms with Crippen molar-refractivity contribution in [1.82, 2.24) is 4.90 Å². The molecule has 1 atom stereocenters. The second-order valence-corrected chi connectivity index (χ2v) is 4.04. The quantitative estimate of drug-likeness (QED) is 0.699. The van der Waals surface area contributed by atoms with Crippen LogP contribution in [0.15, 0.2) is 0 Å². The predicted molar refractivity (Wildman–Crippen MR) is 55.1 cm³/mol. The van der Waals surface area contributed by atoms with Crippen LogP contribution in [0.25, 0.3) is 0 Å². The summed E-state index contributed by atoms with van der Waals surface area (Å²) in [5.74, 6) is -0.711. The van der Waals surface area contributed by atoms with Gasteiger partial charge in [-0.25, -0.2) is 0 Å². The summed E-state index contributed by atoms with van der Waals surface area (Å²) in [6, 6.07) is 0.145. The fourth-order valence-electron chi connectivity index (χ4n) is 2.31. The Bertz CT molecular complexity index is 214. The van der Waals surface area contributed by atoms with Gasteiger partial charge in [0.05, 0.1) is 0 Å². The summed E-state index contributed by atoms with van der Waals surface area (Å²) in [5.41, 5.74) is 5.11. The molecule has 1 aliphatic heterocycles. The van der Waals surface area contributed by atoms with Crippen LogP contribution in [-0.2, 0) is 4.79 Å². The van der Waals surface area contributed by atoms with E-state index in [0.717, 1.165) is 13.0 Å². The first kappa shape index (κ1) is 11.5. The molecule has 0 saturated carbocycles. The van der Waals surface area contributed by atoms with E-state index < -0.39 is 11.5 Å². The van der Waals surface area contributed by atoms with Crippen LogP contribution in [0.1, 0.15) is 33.1 Å². The standard InChI is InChI=1S/C10H20N2O2/c1-3-10(4-2,9(13)14)12-6-5-8(11)7-12/h8H,3-7,11H2,1-2H3,(H,13,14). The second kappa shape index (κ2) is 4.28. The lowest BCUT2D eigenvalue weighted by Gasteiger charge is -2.36. The first-order valence-electron chi connectivity index (χ1n) is 5.30. The monoisotopic (exact) mass is 200 g/mol. The van der Waals surface area contributed by atoms with Gasteiger partial charge in [-0.1, -0.05) is 13.8 Å². The van der Waals surface area contributed by atoms with E-state index in [0.29, 0.717) is 19.4 Å². The SMILES string of the molecule is CCC(CC)(C(=O)O)N1CCC(N)C1. The molecule has 14 heavy (non-hydrogen) atoms. The van der Waals surface area contributed by atoms with Gasteiger partial charge in [0.2, 0.25) is 0 Å². The van der Waals surface area contributed by atoms with Crippen molar-refractivity contribution >= 4 is 5.97 Å². The predicted octanol–water partition coefficient (Wildman–Crippen LogP) is 0.663. The molecule has 1 heterocycles. The van der Waals surface area contributed by atoms with Crippen molar-refractivity contribution in [2.24, 2.45) is 5.73 Å². The van der Waals surface area contributed by atoms with Gasteiger partial charge in [-0.15, -0.1) is 0 Å². The van der Waals surface area contributed by atoms with E-state index in [9.17, 15) is 9.90 Å². The highest BCUT2D eigenvalue weighted by Crippen LogP contribution is 2.28. The van der Waals surface area contributed by atoms with Gasteiger partial charge < -0.3 is 10.8 Å². The van der Waals surface area contributed by atoms with Gasteiger partial charge >= 0.3 is 5.97 Å². The normalized spacial score (nSPS) is 24.1. The maximum atomic E-state index is 11.3. The van der Waals surface area contributed by atoms with Gasteiger partial charge in [0, 0.05) is 19.1 Å². The van der Waals surface area contributed by atoms with Crippen LogP contribution in [0.3, 0.4) is 0 Å². The number of likely N-dealkylation sites (tertiary alicyclic amines) is 1. The number of nitrogens with two attached hydrogens (primary N) is 1. The Balaban J connectivity index is 2.81. The van der Waals surface area contributed by atoms with Crippen molar-refractivity contribution in [1.29, 1.82) is 0 Å². The fraction of sp³-hybridized carbons (Fsp3) is 0.900. The van der Waals surface area contributed by atoms with Crippen LogP contribution >= 0.6 is 0 Å². The molecule has 0 aromatic carbocycles. The van der Waals surface area contributed by atoms with Crippen LogP contribution < -0.4 is 5.73 Å². The third kappa shape index (κ3) is 1.77. The minimum atomic E-state index is -0.711. The van der Waals surface area contributed by atoms with Crippen molar-refractivity contribution < 1.29 is 9.90 Å². The fourth-order valence-corrected chi connectivity index (χ4v) is 2.31. The van der Waals surface area contributed by atoms with Crippen LogP contribution in [-0.4, -0.2) is 40.6 Å². The van der Waals surface area contributed by atoms with Crippen LogP contribution in [0, 0.1) is 0 Å². The summed E-state index contributed by atoms with van der Waals surface area (Å²) in [6.45, 7) is 5.39. The van der Waals surface area contributed by atoms with Crippen LogP contribution in [0.2, 0.25) is 0 Å². The van der Waals surface area contributed by atoms with Crippen molar-refractivity contribution in [3.63, 3.8) is 0 Å². The number of hydrogen-bond donors (Lipinski definition) is 2. The molecule has 0 aromatic rings. The number of carbonyl (C=O) groups is 1. The van der Waals surface area contributed by atoms with E-state index in [-0.39, 0.29) is 6.04 Å². The molecule has 3 N–H and O–H groups in total. The molecule has 0 radical (unpaired) electrons. The lowest BCUT2D eigenvalue weighted by Crippen LogP contribution is -2.53. The van der Waals surface area contributed by atoms with Crippen LogP contribution in [0.4, 0.5) is 0 Å². The van der Waals surface area contributed by atoms with Gasteiger partial charge in [0.25, 0.3) is 0 Å². The molecule has 1 saturated heterocycles. The van der Waals surface area contributed by atoms with Gasteiger partial charge in [0.1, 0.15) is 5.54 Å². The molecule has 82 valence electrons. The molecule has 0 bridgehead atoms. The minimum absolute atomic E-state index is 0.145. The maximum Gasteiger partial charge on any atom is 0.324 e.